The minimum absolute atomic E-state index is 0.0595. The summed E-state index contributed by atoms with van der Waals surface area (Å²) in [5.41, 5.74) is 1.07. The van der Waals surface area contributed by atoms with Gasteiger partial charge in [0.25, 0.3) is 5.92 Å². The lowest BCUT2D eigenvalue weighted by Crippen LogP contribution is -2.32. The first kappa shape index (κ1) is 33.6. The highest BCUT2D eigenvalue weighted by molar-refractivity contribution is 8.03. The molecule has 5 aromatic rings. The lowest BCUT2D eigenvalue weighted by Gasteiger charge is -2.30. The number of alkyl halides is 2. The van der Waals surface area contributed by atoms with Crippen molar-refractivity contribution in [1.29, 1.82) is 0 Å². The first-order chi connectivity index (χ1) is 23.8. The molecule has 0 spiro atoms. The Bertz CT molecular complexity index is 2170. The molecule has 0 saturated heterocycles. The van der Waals surface area contributed by atoms with E-state index in [1.165, 1.54) is 33.8 Å². The molecule has 50 heavy (non-hydrogen) atoms. The maximum atomic E-state index is 15.8. The van der Waals surface area contributed by atoms with Gasteiger partial charge >= 0.3 is 5.97 Å². The zero-order valence-corrected chi connectivity index (χ0v) is 28.3. The maximum Gasteiger partial charge on any atom is 0.306 e. The number of halogens is 4. The van der Waals surface area contributed by atoms with Crippen LogP contribution in [0.3, 0.4) is 0 Å². The van der Waals surface area contributed by atoms with E-state index < -0.39 is 53.8 Å². The molecule has 0 fully saturated rings. The number of benzene rings is 2. The number of carboxylic acid groups (broad SMARTS) is 1. The standard InChI is InChI=1S/C36H34F4N6O3S/c1-20(33(47)48)15-21-5-4-6-22(16-21)35(2)11-12-36(39,40)19-49-29-10-14-46(43-29)30-24-9-13-41-28(24)18-27(38)31(30)50-23-7-8-26(37)25(17-23)32-42-34(35)44-45(32)3/h4-10,13-14,16,18,20,25,41H,11-12,15,17,19H2,1-3H3,(H,47,48). The SMILES string of the molecule is CC(Cc1cccc(C2(C)CCC(F)(F)COc3ccn(n3)-c3c(c(F)cc4[nH]ccc34)SC3=CC=C(F)C(C3)c3nc2nn3C)c1)C(=O)O. The fraction of sp³-hybridized carbons (Fsp3) is 0.333. The van der Waals surface area contributed by atoms with E-state index in [-0.39, 0.29) is 41.7 Å². The number of ether oxygens (including phenoxy) is 1. The fourth-order valence-electron chi connectivity index (χ4n) is 6.53. The van der Waals surface area contributed by atoms with E-state index >= 15 is 17.6 Å². The number of aromatic nitrogens is 6. The highest BCUT2D eigenvalue weighted by Crippen LogP contribution is 2.46. The summed E-state index contributed by atoms with van der Waals surface area (Å²) in [6, 6.07) is 11.7. The van der Waals surface area contributed by atoms with E-state index in [0.29, 0.717) is 27.1 Å². The maximum absolute atomic E-state index is 15.8. The Morgan fingerprint density at radius 2 is 1.98 bits per heavy atom. The number of allylic oxidation sites excluding steroid dienone is 4. The lowest BCUT2D eigenvalue weighted by molar-refractivity contribution is -0.141. The van der Waals surface area contributed by atoms with Crippen LogP contribution < -0.4 is 4.74 Å². The number of aromatic amines is 1. The summed E-state index contributed by atoms with van der Waals surface area (Å²) >= 11 is 1.13. The molecule has 2 N–H and O–H groups in total. The van der Waals surface area contributed by atoms with Gasteiger partial charge in [0, 0.05) is 37.3 Å². The van der Waals surface area contributed by atoms with Gasteiger partial charge in [0.1, 0.15) is 17.5 Å². The molecule has 7 rings (SSSR count). The third kappa shape index (κ3) is 6.32. The van der Waals surface area contributed by atoms with Crippen LogP contribution in [0.2, 0.25) is 0 Å². The van der Waals surface area contributed by atoms with Crippen molar-refractivity contribution in [2.75, 3.05) is 6.61 Å². The van der Waals surface area contributed by atoms with Crippen LogP contribution in [-0.4, -0.2) is 53.1 Å². The van der Waals surface area contributed by atoms with E-state index in [1.54, 1.807) is 63.5 Å². The summed E-state index contributed by atoms with van der Waals surface area (Å²) < 4.78 is 71.2. The molecule has 0 amide bonds. The van der Waals surface area contributed by atoms with Gasteiger partial charge < -0.3 is 14.8 Å². The topological polar surface area (TPSA) is 111 Å². The molecule has 4 heterocycles. The zero-order chi connectivity index (χ0) is 35.4. The molecule has 3 aromatic heterocycles. The Labute approximate surface area is 289 Å². The molecule has 14 heteroatoms. The number of nitrogens with one attached hydrogen (secondary N) is 1. The Kier molecular flexibility index (Phi) is 8.61. The highest BCUT2D eigenvalue weighted by atomic mass is 32.2. The Balaban J connectivity index is 1.34. The van der Waals surface area contributed by atoms with Crippen molar-refractivity contribution in [2.45, 2.75) is 61.7 Å². The summed E-state index contributed by atoms with van der Waals surface area (Å²) in [6.07, 6.45) is 5.80. The predicted octanol–water partition coefficient (Wildman–Crippen LogP) is 8.02. The number of thioether (sulfide) groups is 1. The Morgan fingerprint density at radius 1 is 1.16 bits per heavy atom. The second kappa shape index (κ2) is 12.8. The smallest absolute Gasteiger partial charge is 0.306 e. The van der Waals surface area contributed by atoms with Crippen LogP contribution in [0.25, 0.3) is 16.6 Å². The largest absolute Gasteiger partial charge is 0.481 e. The van der Waals surface area contributed by atoms with Gasteiger partial charge in [-0.1, -0.05) is 43.0 Å². The predicted molar refractivity (Wildman–Crippen MR) is 180 cm³/mol. The molecule has 0 radical (unpaired) electrons. The van der Waals surface area contributed by atoms with Crippen molar-refractivity contribution in [1.82, 2.24) is 29.5 Å². The number of carbonyl (C=O) groups is 1. The summed E-state index contributed by atoms with van der Waals surface area (Å²) in [5.74, 6) is -6.34. The molecule has 3 atom stereocenters. The van der Waals surface area contributed by atoms with Crippen molar-refractivity contribution in [3.63, 3.8) is 0 Å². The van der Waals surface area contributed by atoms with E-state index in [4.69, 9.17) is 9.72 Å². The van der Waals surface area contributed by atoms with Crippen molar-refractivity contribution in [3.05, 3.63) is 106 Å². The van der Waals surface area contributed by atoms with Gasteiger partial charge in [-0.3, -0.25) is 9.48 Å². The fourth-order valence-corrected chi connectivity index (χ4v) is 7.64. The van der Waals surface area contributed by atoms with E-state index in [2.05, 4.69) is 15.2 Å². The zero-order valence-electron chi connectivity index (χ0n) is 27.5. The highest BCUT2D eigenvalue weighted by Gasteiger charge is 2.41. The number of hydrogen-bond acceptors (Lipinski definition) is 6. The van der Waals surface area contributed by atoms with Crippen LogP contribution in [0.1, 0.15) is 61.8 Å². The van der Waals surface area contributed by atoms with Crippen LogP contribution in [0, 0.1) is 11.7 Å². The van der Waals surface area contributed by atoms with Gasteiger partial charge in [-0.15, -0.1) is 5.10 Å². The average molecular weight is 707 g/mol. The average Bonchev–Trinajstić information content (AvgIpc) is 3.84. The van der Waals surface area contributed by atoms with Gasteiger partial charge in [-0.25, -0.2) is 27.2 Å². The van der Waals surface area contributed by atoms with E-state index in [9.17, 15) is 9.90 Å². The minimum atomic E-state index is -3.31. The molecule has 0 saturated carbocycles. The quantitative estimate of drug-likeness (QED) is 0.182. The normalized spacial score (nSPS) is 21.3. The lowest BCUT2D eigenvalue weighted by atomic mass is 9.76. The first-order valence-corrected chi connectivity index (χ1v) is 17.0. The molecule has 9 nitrogen and oxygen atoms in total. The summed E-state index contributed by atoms with van der Waals surface area (Å²) in [6.45, 7) is 2.40. The second-order valence-corrected chi connectivity index (χ2v) is 14.3. The number of carboxylic acids is 1. The van der Waals surface area contributed by atoms with Crippen molar-refractivity contribution in [2.24, 2.45) is 13.0 Å². The molecular formula is C36H34F4N6O3S. The number of aryl methyl sites for hydroxylation is 1. The number of hydrogen-bond donors (Lipinski definition) is 2. The van der Waals surface area contributed by atoms with Gasteiger partial charge in [-0.2, -0.15) is 5.10 Å². The summed E-state index contributed by atoms with van der Waals surface area (Å²) in [5, 5.41) is 19.2. The number of nitrogens with zero attached hydrogens (tertiary/aromatic N) is 5. The molecule has 6 bridgehead atoms. The Hall–Kier alpha value is -4.85. The van der Waals surface area contributed by atoms with Crippen LogP contribution in [0.15, 0.2) is 82.6 Å². The van der Waals surface area contributed by atoms with Crippen molar-refractivity contribution >= 4 is 28.6 Å². The number of H-pyrrole nitrogens is 1. The summed E-state index contributed by atoms with van der Waals surface area (Å²) in [7, 11) is 1.63. The number of fused-ring (bicyclic) bond motifs is 11. The molecule has 1 aliphatic carbocycles. The summed E-state index contributed by atoms with van der Waals surface area (Å²) in [4.78, 5) is 20.3. The van der Waals surface area contributed by atoms with E-state index in [0.717, 1.165) is 17.3 Å². The number of aliphatic carboxylic acids is 1. The molecule has 2 aliphatic rings. The van der Waals surface area contributed by atoms with E-state index in [1.807, 2.05) is 0 Å². The van der Waals surface area contributed by atoms with Crippen molar-refractivity contribution < 1.29 is 32.2 Å². The van der Waals surface area contributed by atoms with Crippen molar-refractivity contribution in [3.8, 4) is 11.6 Å². The number of rotatable bonds is 4. The first-order valence-electron chi connectivity index (χ1n) is 16.2. The molecule has 260 valence electrons. The second-order valence-electron chi connectivity index (χ2n) is 13.2. The molecule has 2 aromatic carbocycles. The van der Waals surface area contributed by atoms with Gasteiger partial charge in [0.05, 0.1) is 33.4 Å². The van der Waals surface area contributed by atoms with Crippen LogP contribution in [-0.2, 0) is 23.7 Å². The van der Waals surface area contributed by atoms with Gasteiger partial charge in [0.2, 0.25) is 5.88 Å². The molecule has 3 unspecified atom stereocenters. The monoisotopic (exact) mass is 706 g/mol. The minimum Gasteiger partial charge on any atom is -0.481 e. The van der Waals surface area contributed by atoms with Crippen LogP contribution in [0.5, 0.6) is 5.88 Å². The third-order valence-corrected chi connectivity index (χ3v) is 10.6. The van der Waals surface area contributed by atoms with Crippen LogP contribution in [0.4, 0.5) is 17.6 Å². The van der Waals surface area contributed by atoms with Gasteiger partial charge in [0.15, 0.2) is 12.4 Å². The Morgan fingerprint density at radius 3 is 2.78 bits per heavy atom. The third-order valence-electron chi connectivity index (χ3n) is 9.48. The van der Waals surface area contributed by atoms with Gasteiger partial charge in [-0.05, 0) is 66.5 Å². The molecule has 1 aliphatic heterocycles. The van der Waals surface area contributed by atoms with Crippen LogP contribution >= 0.6 is 11.8 Å². The molecular weight excluding hydrogens is 672 g/mol.